The van der Waals surface area contributed by atoms with Crippen molar-refractivity contribution in [3.05, 3.63) is 36.5 Å². The predicted octanol–water partition coefficient (Wildman–Crippen LogP) is -0.498. The van der Waals surface area contributed by atoms with Crippen LogP contribution in [0.15, 0.2) is 30.4 Å². The summed E-state index contributed by atoms with van der Waals surface area (Å²) in [4.78, 5) is 0. The Morgan fingerprint density at radius 3 is 2.10 bits per heavy atom. The van der Waals surface area contributed by atoms with E-state index in [4.69, 9.17) is 0 Å². The quantitative estimate of drug-likeness (QED) is 0.233. The molecule has 0 aromatic heterocycles. The second-order valence-electron chi connectivity index (χ2n) is 2.25. The van der Waals surface area contributed by atoms with E-state index in [1.165, 1.54) is 0 Å². The van der Waals surface area contributed by atoms with Crippen molar-refractivity contribution in [1.82, 2.24) is 0 Å². The molecule has 0 radical (unpaired) electrons. The van der Waals surface area contributed by atoms with Crippen LogP contribution in [0.3, 0.4) is 0 Å². The molecule has 0 fully saturated rings. The van der Waals surface area contributed by atoms with Crippen LogP contribution in [-0.2, 0) is 0 Å². The molecule has 0 saturated heterocycles. The third-order valence-corrected chi connectivity index (χ3v) is 1.16. The zero-order valence-corrected chi connectivity index (χ0v) is 6.67. The van der Waals surface area contributed by atoms with Crippen LogP contribution in [0, 0.1) is 12.0 Å². The fourth-order valence-corrected chi connectivity index (χ4v) is 0.451. The molecule has 0 heterocycles. The summed E-state index contributed by atoms with van der Waals surface area (Å²) in [6.07, 6.45) is 14.3. The normalized spacial score (nSPS) is 17.7. The maximum absolute atomic E-state index is 2.99. The topological polar surface area (TPSA) is 0 Å². The van der Waals surface area contributed by atoms with Crippen LogP contribution in [-0.4, -0.2) is 0 Å². The average molecular weight is 126 g/mol. The van der Waals surface area contributed by atoms with Crippen molar-refractivity contribution in [3.8, 4) is 0 Å². The number of allylic oxidation sites excluding steroid dienone is 6. The Hall–Kier alpha value is -0.183. The Bertz CT molecular complexity index is 138. The fourth-order valence-electron chi connectivity index (χ4n) is 0.451. The van der Waals surface area contributed by atoms with Gasteiger partial charge in [-0.05, 0) is 5.92 Å². The largest absolute Gasteiger partial charge is 1.00 e. The first-order chi connectivity index (χ1) is 4.39. The summed E-state index contributed by atoms with van der Waals surface area (Å²) in [7, 11) is 0. The summed E-state index contributed by atoms with van der Waals surface area (Å²) in [5.74, 6) is 0.833. The van der Waals surface area contributed by atoms with Crippen LogP contribution in [0.2, 0.25) is 0 Å². The number of hydrogen-bond donors (Lipinski definition) is 0. The van der Waals surface area contributed by atoms with Crippen LogP contribution in [0.25, 0.3) is 0 Å². The van der Waals surface area contributed by atoms with Gasteiger partial charge in [0.1, 0.15) is 0 Å². The molecule has 0 saturated carbocycles. The molecule has 1 heteroatoms. The second-order valence-corrected chi connectivity index (χ2v) is 2.25. The molecule has 0 N–H and O–H groups in total. The molecule has 0 amide bonds. The van der Waals surface area contributed by atoms with Crippen LogP contribution < -0.4 is 18.9 Å². The van der Waals surface area contributed by atoms with Gasteiger partial charge in [0.15, 0.2) is 0 Å². The van der Waals surface area contributed by atoms with E-state index in [-0.39, 0.29) is 18.9 Å². The molecule has 0 aromatic rings. The van der Waals surface area contributed by atoms with E-state index in [9.17, 15) is 0 Å². The van der Waals surface area contributed by atoms with Crippen molar-refractivity contribution in [2.24, 2.45) is 5.92 Å². The standard InChI is InChI=1S/C5H5.C4H6.Li/c1-2-4-5-3-1;1-4-2-3-4;/h1-3H,4H2;2-4H,1H3;/q-1;;+1. The van der Waals surface area contributed by atoms with Crippen LogP contribution >= 0.6 is 0 Å². The van der Waals surface area contributed by atoms with Gasteiger partial charge in [0.2, 0.25) is 0 Å². The van der Waals surface area contributed by atoms with Gasteiger partial charge in [0.25, 0.3) is 0 Å². The van der Waals surface area contributed by atoms with Gasteiger partial charge in [-0.15, -0.1) is 6.42 Å². The molecule has 0 aromatic carbocycles. The fraction of sp³-hybridized carbons (Fsp3) is 0.333. The monoisotopic (exact) mass is 126 g/mol. The van der Waals surface area contributed by atoms with E-state index in [1.807, 2.05) is 12.2 Å². The molecule has 10 heavy (non-hydrogen) atoms. The Morgan fingerprint density at radius 2 is 2.00 bits per heavy atom. The molecular formula is C9H11Li. The summed E-state index contributed by atoms with van der Waals surface area (Å²) in [5, 5.41) is 0. The average Bonchev–Trinajstić information content (AvgIpc) is 2.52. The van der Waals surface area contributed by atoms with Crippen molar-refractivity contribution in [2.75, 3.05) is 0 Å². The zero-order chi connectivity index (χ0) is 6.53. The van der Waals surface area contributed by atoms with Crippen molar-refractivity contribution < 1.29 is 18.9 Å². The van der Waals surface area contributed by atoms with Gasteiger partial charge in [-0.25, -0.2) is 12.2 Å². The van der Waals surface area contributed by atoms with Crippen molar-refractivity contribution >= 4 is 0 Å². The number of rotatable bonds is 0. The van der Waals surface area contributed by atoms with Crippen molar-refractivity contribution in [3.63, 3.8) is 0 Å². The molecule has 0 bridgehead atoms. The molecule has 0 spiro atoms. The molecule has 48 valence electrons. The summed E-state index contributed by atoms with van der Waals surface area (Å²) in [6.45, 7) is 2.17. The molecule has 0 nitrogen and oxygen atoms in total. The van der Waals surface area contributed by atoms with Gasteiger partial charge in [-0.2, -0.15) is 6.08 Å². The Morgan fingerprint density at radius 1 is 1.40 bits per heavy atom. The Labute approximate surface area is 74.9 Å². The maximum Gasteiger partial charge on any atom is 1.00 e. The van der Waals surface area contributed by atoms with Gasteiger partial charge in [0, 0.05) is 0 Å². The van der Waals surface area contributed by atoms with E-state index in [2.05, 4.69) is 31.2 Å². The zero-order valence-electron chi connectivity index (χ0n) is 6.67. The van der Waals surface area contributed by atoms with Crippen LogP contribution in [0.4, 0.5) is 0 Å². The molecule has 2 aliphatic rings. The Kier molecular flexibility index (Phi) is 5.49. The van der Waals surface area contributed by atoms with Gasteiger partial charge in [-0.1, -0.05) is 19.1 Å². The van der Waals surface area contributed by atoms with E-state index < -0.39 is 0 Å². The summed E-state index contributed by atoms with van der Waals surface area (Å²) < 4.78 is 0. The molecule has 0 atom stereocenters. The molecule has 0 unspecified atom stereocenters. The minimum Gasteiger partial charge on any atom is -0.273 e. The van der Waals surface area contributed by atoms with E-state index in [1.54, 1.807) is 0 Å². The summed E-state index contributed by atoms with van der Waals surface area (Å²) in [6, 6.07) is 0. The summed E-state index contributed by atoms with van der Waals surface area (Å²) >= 11 is 0. The number of hydrogen-bond acceptors (Lipinski definition) is 0. The van der Waals surface area contributed by atoms with Crippen LogP contribution in [0.5, 0.6) is 0 Å². The van der Waals surface area contributed by atoms with Gasteiger partial charge < -0.3 is 0 Å². The van der Waals surface area contributed by atoms with E-state index >= 15 is 0 Å². The molecule has 0 aliphatic heterocycles. The Balaban J connectivity index is 0.000000150. The smallest absolute Gasteiger partial charge is 0.273 e. The van der Waals surface area contributed by atoms with E-state index in [0.717, 1.165) is 12.3 Å². The van der Waals surface area contributed by atoms with Gasteiger partial charge in [-0.3, -0.25) is 6.08 Å². The predicted molar refractivity (Wildman–Crippen MR) is 39.9 cm³/mol. The van der Waals surface area contributed by atoms with E-state index in [0.29, 0.717) is 0 Å². The summed E-state index contributed by atoms with van der Waals surface area (Å²) in [5.41, 5.74) is 0. The maximum atomic E-state index is 2.99. The van der Waals surface area contributed by atoms with Crippen LogP contribution in [0.1, 0.15) is 13.3 Å². The van der Waals surface area contributed by atoms with Crippen molar-refractivity contribution in [1.29, 1.82) is 0 Å². The first-order valence-electron chi connectivity index (χ1n) is 3.29. The second kappa shape index (κ2) is 5.59. The minimum atomic E-state index is 0. The van der Waals surface area contributed by atoms with Gasteiger partial charge in [0.05, 0.1) is 0 Å². The molecule has 2 aliphatic carbocycles. The van der Waals surface area contributed by atoms with Crippen molar-refractivity contribution in [2.45, 2.75) is 13.3 Å². The first-order valence-corrected chi connectivity index (χ1v) is 3.29. The third kappa shape index (κ3) is 5.95. The molecule has 2 rings (SSSR count). The molecular weight excluding hydrogens is 115 g/mol. The van der Waals surface area contributed by atoms with Gasteiger partial charge >= 0.3 is 18.9 Å². The first kappa shape index (κ1) is 9.82. The SMILES string of the molecule is CC1C=C1.[C-]1=CC=CC1.[Li+]. The minimum absolute atomic E-state index is 0. The third-order valence-electron chi connectivity index (χ3n) is 1.16.